The van der Waals surface area contributed by atoms with Crippen LogP contribution in [0.1, 0.15) is 54.2 Å². The minimum atomic E-state index is -0.504. The minimum Gasteiger partial charge on any atom is -0.490 e. The topological polar surface area (TPSA) is 41.6 Å². The van der Waals surface area contributed by atoms with Crippen LogP contribution in [0, 0.1) is 5.82 Å². The molecule has 0 aromatic heterocycles. The average Bonchev–Trinajstić information content (AvgIpc) is 3.11. The molecule has 2 aromatic rings. The van der Waals surface area contributed by atoms with Crippen LogP contribution in [0.3, 0.4) is 0 Å². The molecule has 1 atom stereocenters. The van der Waals surface area contributed by atoms with Gasteiger partial charge in [-0.25, -0.2) is 4.39 Å². The molecule has 2 aliphatic heterocycles. The zero-order chi connectivity index (χ0) is 20.5. The quantitative estimate of drug-likeness (QED) is 0.713. The van der Waals surface area contributed by atoms with Crippen molar-refractivity contribution in [1.29, 1.82) is 0 Å². The largest absolute Gasteiger partial charge is 0.490 e. The number of nitrogens with zero attached hydrogens (tertiary/aromatic N) is 1. The highest BCUT2D eigenvalue weighted by atomic mass is 35.5. The number of rotatable bonds is 5. The van der Waals surface area contributed by atoms with Crippen LogP contribution in [0.25, 0.3) is 0 Å². The molecular weight excluding hydrogens is 391 g/mol. The Morgan fingerprint density at radius 3 is 2.66 bits per heavy atom. The van der Waals surface area contributed by atoms with Gasteiger partial charge in [0.2, 0.25) is 0 Å². The van der Waals surface area contributed by atoms with E-state index >= 15 is 0 Å². The van der Waals surface area contributed by atoms with Gasteiger partial charge in [-0.05, 0) is 68.1 Å². The van der Waals surface area contributed by atoms with E-state index in [9.17, 15) is 9.18 Å². The van der Waals surface area contributed by atoms with Gasteiger partial charge in [0.05, 0.1) is 11.1 Å². The molecule has 0 amide bonds. The molecular formula is C23H26ClFN2O2. The highest BCUT2D eigenvalue weighted by Crippen LogP contribution is 2.32. The molecule has 0 aliphatic carbocycles. The number of piperidine rings is 1. The van der Waals surface area contributed by atoms with E-state index < -0.39 is 6.04 Å². The summed E-state index contributed by atoms with van der Waals surface area (Å²) < 4.78 is 19.5. The number of carbonyl (C=O) groups is 1. The molecule has 1 unspecified atom stereocenters. The van der Waals surface area contributed by atoms with Crippen molar-refractivity contribution < 1.29 is 13.9 Å². The first-order chi connectivity index (χ1) is 13.9. The zero-order valence-electron chi connectivity index (χ0n) is 16.8. The third-order valence-corrected chi connectivity index (χ3v) is 6.20. The number of nitrogens with one attached hydrogen (secondary N) is 1. The van der Waals surface area contributed by atoms with Gasteiger partial charge in [0.1, 0.15) is 17.7 Å². The standard InChI is InChI=1S/C23H26ClFN2O2/c1-14(2)27-9-7-17(8-10-27)29-18-4-6-20(21(24)12-18)23(28)22-19-5-3-16(25)11-15(19)13-26-22/h3-6,11-12,14,17,22,26H,7-10,13H2,1-2H3. The van der Waals surface area contributed by atoms with Gasteiger partial charge in [-0.3, -0.25) is 10.1 Å². The summed E-state index contributed by atoms with van der Waals surface area (Å²) in [5, 5.41) is 3.54. The van der Waals surface area contributed by atoms with E-state index in [0.717, 1.165) is 37.1 Å². The Kier molecular flexibility index (Phi) is 5.91. The van der Waals surface area contributed by atoms with Crippen LogP contribution in [0.15, 0.2) is 36.4 Å². The Morgan fingerprint density at radius 2 is 1.97 bits per heavy atom. The van der Waals surface area contributed by atoms with E-state index in [4.69, 9.17) is 16.3 Å². The molecule has 4 rings (SSSR count). The predicted molar refractivity (Wildman–Crippen MR) is 112 cm³/mol. The summed E-state index contributed by atoms with van der Waals surface area (Å²) in [6, 6.07) is 9.85. The fourth-order valence-corrected chi connectivity index (χ4v) is 4.46. The van der Waals surface area contributed by atoms with Crippen LogP contribution in [-0.2, 0) is 6.54 Å². The highest BCUT2D eigenvalue weighted by Gasteiger charge is 2.30. The molecule has 2 aliphatic rings. The summed E-state index contributed by atoms with van der Waals surface area (Å²) in [5.74, 6) is 0.283. The lowest BCUT2D eigenvalue weighted by atomic mass is 9.97. The first kappa shape index (κ1) is 20.3. The van der Waals surface area contributed by atoms with Crippen molar-refractivity contribution in [2.75, 3.05) is 13.1 Å². The summed E-state index contributed by atoms with van der Waals surface area (Å²) >= 11 is 6.44. The van der Waals surface area contributed by atoms with E-state index in [2.05, 4.69) is 24.1 Å². The maximum Gasteiger partial charge on any atom is 0.185 e. The van der Waals surface area contributed by atoms with Crippen molar-refractivity contribution in [2.24, 2.45) is 0 Å². The smallest absolute Gasteiger partial charge is 0.185 e. The van der Waals surface area contributed by atoms with Crippen molar-refractivity contribution in [3.05, 3.63) is 63.9 Å². The summed E-state index contributed by atoms with van der Waals surface area (Å²) in [6.07, 6.45) is 2.13. The van der Waals surface area contributed by atoms with Crippen molar-refractivity contribution in [2.45, 2.75) is 51.4 Å². The van der Waals surface area contributed by atoms with E-state index in [1.54, 1.807) is 18.2 Å². The summed E-state index contributed by atoms with van der Waals surface area (Å²) in [6.45, 7) is 6.95. The first-order valence-electron chi connectivity index (χ1n) is 10.2. The van der Waals surface area contributed by atoms with E-state index in [0.29, 0.717) is 28.9 Å². The number of Topliss-reactive ketones (excluding diaryl/α,β-unsaturated/α-hetero) is 1. The number of halogens is 2. The SMILES string of the molecule is CC(C)N1CCC(Oc2ccc(C(=O)C3NCc4cc(F)ccc43)c(Cl)c2)CC1. The Bertz CT molecular complexity index is 910. The van der Waals surface area contributed by atoms with Crippen LogP contribution >= 0.6 is 11.6 Å². The number of ether oxygens (including phenoxy) is 1. The van der Waals surface area contributed by atoms with E-state index in [1.807, 2.05) is 6.07 Å². The Hall–Kier alpha value is -1.95. The molecule has 0 spiro atoms. The van der Waals surface area contributed by atoms with Gasteiger partial charge in [0.15, 0.2) is 5.78 Å². The maximum absolute atomic E-state index is 13.4. The summed E-state index contributed by atoms with van der Waals surface area (Å²) in [4.78, 5) is 15.5. The van der Waals surface area contributed by atoms with Gasteiger partial charge in [-0.15, -0.1) is 0 Å². The fraction of sp³-hybridized carbons (Fsp3) is 0.435. The molecule has 0 bridgehead atoms. The Morgan fingerprint density at radius 1 is 1.21 bits per heavy atom. The number of carbonyl (C=O) groups excluding carboxylic acids is 1. The molecule has 0 saturated carbocycles. The van der Waals surface area contributed by atoms with Crippen LogP contribution in [0.2, 0.25) is 5.02 Å². The molecule has 1 saturated heterocycles. The lowest BCUT2D eigenvalue weighted by Gasteiger charge is -2.34. The highest BCUT2D eigenvalue weighted by molar-refractivity contribution is 6.34. The molecule has 2 aromatic carbocycles. The van der Waals surface area contributed by atoms with Gasteiger partial charge in [-0.1, -0.05) is 17.7 Å². The van der Waals surface area contributed by atoms with E-state index in [-0.39, 0.29) is 17.7 Å². The normalized spacial score (nSPS) is 20.1. The molecule has 29 heavy (non-hydrogen) atoms. The average molecular weight is 417 g/mol. The Labute approximate surface area is 176 Å². The summed E-state index contributed by atoms with van der Waals surface area (Å²) in [7, 11) is 0. The molecule has 6 heteroatoms. The molecule has 154 valence electrons. The number of hydrogen-bond donors (Lipinski definition) is 1. The van der Waals surface area contributed by atoms with Crippen LogP contribution in [-0.4, -0.2) is 35.9 Å². The second kappa shape index (κ2) is 8.42. The third-order valence-electron chi connectivity index (χ3n) is 5.89. The van der Waals surface area contributed by atoms with Gasteiger partial charge in [0.25, 0.3) is 0 Å². The zero-order valence-corrected chi connectivity index (χ0v) is 17.5. The van der Waals surface area contributed by atoms with Crippen LogP contribution in [0.4, 0.5) is 4.39 Å². The molecule has 4 nitrogen and oxygen atoms in total. The lowest BCUT2D eigenvalue weighted by molar-refractivity contribution is 0.0843. The summed E-state index contributed by atoms with van der Waals surface area (Å²) in [5.41, 5.74) is 2.07. The minimum absolute atomic E-state index is 0.114. The van der Waals surface area contributed by atoms with Gasteiger partial charge in [-0.2, -0.15) is 0 Å². The van der Waals surface area contributed by atoms with Crippen molar-refractivity contribution in [3.63, 3.8) is 0 Å². The second-order valence-electron chi connectivity index (χ2n) is 8.11. The van der Waals surface area contributed by atoms with Crippen molar-refractivity contribution in [1.82, 2.24) is 10.2 Å². The number of ketones is 1. The van der Waals surface area contributed by atoms with Gasteiger partial charge < -0.3 is 9.64 Å². The third kappa shape index (κ3) is 4.32. The Balaban J connectivity index is 1.44. The van der Waals surface area contributed by atoms with Crippen molar-refractivity contribution >= 4 is 17.4 Å². The molecule has 2 heterocycles. The lowest BCUT2D eigenvalue weighted by Crippen LogP contribution is -2.41. The first-order valence-corrected chi connectivity index (χ1v) is 10.6. The number of benzene rings is 2. The van der Waals surface area contributed by atoms with E-state index in [1.165, 1.54) is 12.1 Å². The number of fused-ring (bicyclic) bond motifs is 1. The predicted octanol–water partition coefficient (Wildman–Crippen LogP) is 4.76. The fourth-order valence-electron chi connectivity index (χ4n) is 4.19. The monoisotopic (exact) mass is 416 g/mol. The maximum atomic E-state index is 13.4. The molecule has 1 fully saturated rings. The van der Waals surface area contributed by atoms with Crippen LogP contribution in [0.5, 0.6) is 5.75 Å². The number of likely N-dealkylation sites (tertiary alicyclic amines) is 1. The number of hydrogen-bond acceptors (Lipinski definition) is 4. The molecule has 0 radical (unpaired) electrons. The van der Waals surface area contributed by atoms with Gasteiger partial charge in [0, 0.05) is 31.2 Å². The van der Waals surface area contributed by atoms with Crippen molar-refractivity contribution in [3.8, 4) is 5.75 Å². The van der Waals surface area contributed by atoms with Gasteiger partial charge >= 0.3 is 0 Å². The van der Waals surface area contributed by atoms with Crippen LogP contribution < -0.4 is 10.1 Å². The second-order valence-corrected chi connectivity index (χ2v) is 8.52. The molecule has 1 N–H and O–H groups in total.